The molecule has 0 atom stereocenters. The molecule has 2 nitrogen and oxygen atoms in total. The SMILES string of the molecule is C=C(/C(C)=C/c1cc(C(=C)C)ccc1C)C(/C=N\C)=C(/C)NC. The van der Waals surface area contributed by atoms with E-state index in [-0.39, 0.29) is 0 Å². The lowest BCUT2D eigenvalue weighted by Crippen LogP contribution is -2.08. The Morgan fingerprint density at radius 3 is 2.35 bits per heavy atom. The van der Waals surface area contributed by atoms with Crippen LogP contribution in [0.2, 0.25) is 0 Å². The van der Waals surface area contributed by atoms with E-state index in [0.29, 0.717) is 0 Å². The van der Waals surface area contributed by atoms with Gasteiger partial charge < -0.3 is 5.32 Å². The molecule has 0 radical (unpaired) electrons. The molecule has 0 aliphatic rings. The first-order valence-corrected chi connectivity index (χ1v) is 7.77. The minimum absolute atomic E-state index is 0.975. The number of rotatable bonds is 6. The molecule has 0 amide bonds. The highest BCUT2D eigenvalue weighted by Crippen LogP contribution is 2.24. The molecule has 0 fully saturated rings. The van der Waals surface area contributed by atoms with Crippen molar-refractivity contribution in [2.75, 3.05) is 14.1 Å². The first-order chi connectivity index (χ1) is 10.8. The third-order valence-corrected chi connectivity index (χ3v) is 3.98. The number of benzene rings is 1. The van der Waals surface area contributed by atoms with E-state index in [1.54, 1.807) is 7.05 Å². The summed E-state index contributed by atoms with van der Waals surface area (Å²) in [6.07, 6.45) is 4.03. The molecule has 0 bridgehead atoms. The molecule has 0 spiro atoms. The van der Waals surface area contributed by atoms with Gasteiger partial charge in [-0.2, -0.15) is 0 Å². The minimum atomic E-state index is 0.975. The van der Waals surface area contributed by atoms with Gasteiger partial charge in [-0.25, -0.2) is 0 Å². The van der Waals surface area contributed by atoms with Crippen molar-refractivity contribution in [1.82, 2.24) is 5.32 Å². The maximum Gasteiger partial charge on any atom is 0.0304 e. The van der Waals surface area contributed by atoms with Gasteiger partial charge >= 0.3 is 0 Å². The number of allylic oxidation sites excluding steroid dienone is 5. The van der Waals surface area contributed by atoms with E-state index in [1.165, 1.54) is 11.1 Å². The van der Waals surface area contributed by atoms with Gasteiger partial charge in [-0.15, -0.1) is 0 Å². The van der Waals surface area contributed by atoms with Crippen LogP contribution < -0.4 is 5.32 Å². The van der Waals surface area contributed by atoms with Crippen molar-refractivity contribution < 1.29 is 0 Å². The van der Waals surface area contributed by atoms with Gasteiger partial charge in [-0.3, -0.25) is 4.99 Å². The summed E-state index contributed by atoms with van der Waals surface area (Å²) in [5.41, 5.74) is 8.84. The van der Waals surface area contributed by atoms with Gasteiger partial charge in [0.2, 0.25) is 0 Å². The van der Waals surface area contributed by atoms with E-state index < -0.39 is 0 Å². The number of aliphatic imine (C=N–C) groups is 1. The number of hydrogen-bond donors (Lipinski definition) is 1. The monoisotopic (exact) mass is 308 g/mol. The van der Waals surface area contributed by atoms with Crippen molar-refractivity contribution in [2.45, 2.75) is 27.7 Å². The molecule has 1 aromatic rings. The lowest BCUT2D eigenvalue weighted by molar-refractivity contribution is 0.978. The van der Waals surface area contributed by atoms with E-state index >= 15 is 0 Å². The lowest BCUT2D eigenvalue weighted by atomic mass is 9.95. The molecule has 0 heterocycles. The summed E-state index contributed by atoms with van der Waals surface area (Å²) in [6, 6.07) is 6.42. The first-order valence-electron chi connectivity index (χ1n) is 7.77. The second kappa shape index (κ2) is 8.33. The van der Waals surface area contributed by atoms with E-state index in [2.05, 4.69) is 61.6 Å². The van der Waals surface area contributed by atoms with Crippen LogP contribution in [-0.4, -0.2) is 20.3 Å². The van der Waals surface area contributed by atoms with Crippen molar-refractivity contribution in [1.29, 1.82) is 0 Å². The Balaban J connectivity index is 3.30. The summed E-state index contributed by atoms with van der Waals surface area (Å²) >= 11 is 0. The number of hydrogen-bond acceptors (Lipinski definition) is 2. The molecule has 1 N–H and O–H groups in total. The molecule has 1 rings (SSSR count). The minimum Gasteiger partial charge on any atom is -0.391 e. The van der Waals surface area contributed by atoms with Crippen molar-refractivity contribution in [3.05, 3.63) is 70.5 Å². The predicted molar refractivity (Wildman–Crippen MR) is 105 cm³/mol. The second-order valence-corrected chi connectivity index (χ2v) is 5.83. The molecule has 0 aliphatic carbocycles. The lowest BCUT2D eigenvalue weighted by Gasteiger charge is -2.13. The van der Waals surface area contributed by atoms with E-state index in [9.17, 15) is 0 Å². The van der Waals surface area contributed by atoms with Crippen LogP contribution in [0.3, 0.4) is 0 Å². The maximum absolute atomic E-state index is 4.25. The van der Waals surface area contributed by atoms with Gasteiger partial charge in [0.1, 0.15) is 0 Å². The number of aryl methyl sites for hydroxylation is 1. The fourth-order valence-electron chi connectivity index (χ4n) is 2.26. The highest BCUT2D eigenvalue weighted by molar-refractivity contribution is 5.88. The maximum atomic E-state index is 4.25. The van der Waals surface area contributed by atoms with Gasteiger partial charge in [0, 0.05) is 31.6 Å². The summed E-state index contributed by atoms with van der Waals surface area (Å²) in [6.45, 7) is 16.5. The Hall–Kier alpha value is -2.35. The molecule has 1 aromatic carbocycles. The van der Waals surface area contributed by atoms with Gasteiger partial charge in [0.15, 0.2) is 0 Å². The topological polar surface area (TPSA) is 24.4 Å². The van der Waals surface area contributed by atoms with E-state index in [0.717, 1.165) is 33.6 Å². The number of nitrogens with zero attached hydrogens (tertiary/aromatic N) is 1. The van der Waals surface area contributed by atoms with Crippen LogP contribution in [0.25, 0.3) is 11.6 Å². The van der Waals surface area contributed by atoms with Crippen molar-refractivity contribution in [2.24, 2.45) is 4.99 Å². The highest BCUT2D eigenvalue weighted by atomic mass is 14.8. The predicted octanol–water partition coefficient (Wildman–Crippen LogP) is 5.18. The zero-order valence-electron chi connectivity index (χ0n) is 15.2. The average Bonchev–Trinajstić information content (AvgIpc) is 2.52. The van der Waals surface area contributed by atoms with Crippen molar-refractivity contribution in [3.63, 3.8) is 0 Å². The van der Waals surface area contributed by atoms with Crippen molar-refractivity contribution in [3.8, 4) is 0 Å². The largest absolute Gasteiger partial charge is 0.391 e. The second-order valence-electron chi connectivity index (χ2n) is 5.83. The Labute approximate surface area is 141 Å². The molecular weight excluding hydrogens is 280 g/mol. The number of nitrogens with one attached hydrogen (secondary N) is 1. The normalized spacial score (nSPS) is 13.0. The van der Waals surface area contributed by atoms with Crippen LogP contribution in [0.1, 0.15) is 37.5 Å². The molecule has 0 unspecified atom stereocenters. The molecule has 2 heteroatoms. The molecule has 0 saturated carbocycles. The fraction of sp³-hybridized carbons (Fsp3) is 0.286. The summed E-state index contributed by atoms with van der Waals surface area (Å²) < 4.78 is 0. The van der Waals surface area contributed by atoms with Crippen LogP contribution >= 0.6 is 0 Å². The molecule has 122 valence electrons. The quantitative estimate of drug-likeness (QED) is 0.568. The molecule has 0 saturated heterocycles. The summed E-state index contributed by atoms with van der Waals surface area (Å²) in [5.74, 6) is 0. The summed E-state index contributed by atoms with van der Waals surface area (Å²) in [5, 5.41) is 3.17. The highest BCUT2D eigenvalue weighted by Gasteiger charge is 2.07. The molecule has 0 aliphatic heterocycles. The van der Waals surface area contributed by atoms with Crippen LogP contribution in [0.4, 0.5) is 0 Å². The smallest absolute Gasteiger partial charge is 0.0304 e. The third kappa shape index (κ3) is 4.82. The molecule has 0 aromatic heterocycles. The zero-order chi connectivity index (χ0) is 17.6. The Morgan fingerprint density at radius 2 is 1.83 bits per heavy atom. The van der Waals surface area contributed by atoms with Crippen LogP contribution in [0.5, 0.6) is 0 Å². The Kier molecular flexibility index (Phi) is 6.77. The van der Waals surface area contributed by atoms with Crippen LogP contribution in [0.15, 0.2) is 58.8 Å². The molecule has 23 heavy (non-hydrogen) atoms. The third-order valence-electron chi connectivity index (χ3n) is 3.98. The van der Waals surface area contributed by atoms with Gasteiger partial charge in [0.25, 0.3) is 0 Å². The van der Waals surface area contributed by atoms with Gasteiger partial charge in [0.05, 0.1) is 0 Å². The van der Waals surface area contributed by atoms with Crippen LogP contribution in [-0.2, 0) is 0 Å². The fourth-order valence-corrected chi connectivity index (χ4v) is 2.26. The zero-order valence-corrected chi connectivity index (χ0v) is 15.2. The van der Waals surface area contributed by atoms with Gasteiger partial charge in [-0.05, 0) is 61.6 Å². The van der Waals surface area contributed by atoms with E-state index in [1.807, 2.05) is 27.1 Å². The first kappa shape index (κ1) is 18.7. The molecular formula is C21H28N2. The Bertz CT molecular complexity index is 701. The Morgan fingerprint density at radius 1 is 1.17 bits per heavy atom. The van der Waals surface area contributed by atoms with E-state index in [4.69, 9.17) is 0 Å². The summed E-state index contributed by atoms with van der Waals surface area (Å²) in [7, 11) is 3.68. The summed E-state index contributed by atoms with van der Waals surface area (Å²) in [4.78, 5) is 4.15. The standard InChI is InChI=1S/C21H28N2/c1-14(2)19-10-9-15(3)20(12-19)11-16(4)17(5)21(13-22-7)18(6)23-8/h9-13,23H,1,5H2,2-4,6-8H3/b16-11+,21-18-,22-13-. The van der Waals surface area contributed by atoms with Gasteiger partial charge in [-0.1, -0.05) is 36.9 Å². The van der Waals surface area contributed by atoms with Crippen molar-refractivity contribution >= 4 is 17.9 Å². The average molecular weight is 308 g/mol. The van der Waals surface area contributed by atoms with Crippen LogP contribution in [0, 0.1) is 6.92 Å².